The smallest absolute Gasteiger partial charge is 0.420 e. The van der Waals surface area contributed by atoms with E-state index in [1.54, 1.807) is 18.2 Å². The lowest BCUT2D eigenvalue weighted by atomic mass is 9.57. The molecule has 208 valence electrons. The predicted octanol–water partition coefficient (Wildman–Crippen LogP) is 8.11. The maximum Gasteiger partial charge on any atom is 0.420 e. The Morgan fingerprint density at radius 2 is 1.61 bits per heavy atom. The average molecular weight is 532 g/mol. The van der Waals surface area contributed by atoms with Crippen LogP contribution in [0.3, 0.4) is 0 Å². The zero-order chi connectivity index (χ0) is 27.3. The molecule has 6 rings (SSSR count). The van der Waals surface area contributed by atoms with Crippen LogP contribution in [0.1, 0.15) is 96.1 Å². The van der Waals surface area contributed by atoms with E-state index in [1.807, 2.05) is 6.07 Å². The van der Waals surface area contributed by atoms with Crippen molar-refractivity contribution in [1.29, 1.82) is 0 Å². The molecule has 4 saturated carbocycles. The van der Waals surface area contributed by atoms with Crippen molar-refractivity contribution in [3.8, 4) is 5.75 Å². The second kappa shape index (κ2) is 9.72. The second-order valence-corrected chi connectivity index (χ2v) is 13.2. The molecular formula is C31H40F3NO3. The van der Waals surface area contributed by atoms with Crippen LogP contribution >= 0.6 is 0 Å². The summed E-state index contributed by atoms with van der Waals surface area (Å²) in [6, 6.07) is 8.41. The van der Waals surface area contributed by atoms with Gasteiger partial charge in [-0.15, -0.1) is 0 Å². The van der Waals surface area contributed by atoms with Crippen molar-refractivity contribution in [2.75, 3.05) is 0 Å². The van der Waals surface area contributed by atoms with E-state index >= 15 is 0 Å². The van der Waals surface area contributed by atoms with E-state index in [0.717, 1.165) is 50.5 Å². The number of benzene rings is 2. The van der Waals surface area contributed by atoms with E-state index in [1.165, 1.54) is 6.07 Å². The predicted molar refractivity (Wildman–Crippen MR) is 142 cm³/mol. The summed E-state index contributed by atoms with van der Waals surface area (Å²) in [5.74, 6) is -0.184. The Morgan fingerprint density at radius 3 is 2.16 bits per heavy atom. The summed E-state index contributed by atoms with van der Waals surface area (Å²) in [6.45, 7) is 7.22. The van der Waals surface area contributed by atoms with Crippen LogP contribution in [0.15, 0.2) is 30.3 Å². The monoisotopic (exact) mass is 531 g/mol. The van der Waals surface area contributed by atoms with Gasteiger partial charge in [0.2, 0.25) is 0 Å². The number of ether oxygens (including phenoxy) is 1. The van der Waals surface area contributed by atoms with E-state index < -0.39 is 23.1 Å². The number of hydrogen-bond acceptors (Lipinski definition) is 3. The van der Waals surface area contributed by atoms with Gasteiger partial charge in [-0.3, -0.25) is 4.79 Å². The highest BCUT2D eigenvalue weighted by Gasteiger charge is 2.52. The molecule has 0 heterocycles. The minimum atomic E-state index is -4.52. The van der Waals surface area contributed by atoms with Crippen LogP contribution < -0.4 is 10.1 Å². The van der Waals surface area contributed by atoms with E-state index in [0.29, 0.717) is 37.1 Å². The molecule has 0 saturated heterocycles. The molecule has 0 atom stereocenters. The van der Waals surface area contributed by atoms with Crippen LogP contribution in [0.25, 0.3) is 10.8 Å². The first-order chi connectivity index (χ1) is 17.8. The molecule has 0 radical (unpaired) electrons. The number of carboxylic acids is 1. The molecule has 7 heteroatoms. The number of aliphatic carboxylic acids is 1. The highest BCUT2D eigenvalue weighted by atomic mass is 19.4. The molecule has 4 nitrogen and oxygen atoms in total. The Morgan fingerprint density at radius 1 is 0.974 bits per heavy atom. The third-order valence-electron chi connectivity index (χ3n) is 9.89. The van der Waals surface area contributed by atoms with E-state index in [4.69, 9.17) is 4.74 Å². The molecule has 0 aliphatic heterocycles. The van der Waals surface area contributed by atoms with Gasteiger partial charge < -0.3 is 15.2 Å². The number of carbonyl (C=O) groups is 1. The van der Waals surface area contributed by atoms with E-state index in [-0.39, 0.29) is 28.2 Å². The van der Waals surface area contributed by atoms with Gasteiger partial charge in [0.05, 0.1) is 11.5 Å². The van der Waals surface area contributed by atoms with Gasteiger partial charge in [0, 0.05) is 12.1 Å². The molecule has 0 unspecified atom stereocenters. The first-order valence-corrected chi connectivity index (χ1v) is 14.1. The van der Waals surface area contributed by atoms with Crippen molar-refractivity contribution >= 4 is 16.7 Å². The Kier molecular flexibility index (Phi) is 6.98. The van der Waals surface area contributed by atoms with Crippen LogP contribution in [0.5, 0.6) is 5.75 Å². The van der Waals surface area contributed by atoms with Crippen LogP contribution in [0, 0.1) is 16.7 Å². The largest absolute Gasteiger partial charge is 0.490 e. The van der Waals surface area contributed by atoms with Crippen LogP contribution in [-0.4, -0.2) is 22.7 Å². The summed E-state index contributed by atoms with van der Waals surface area (Å²) in [7, 11) is 0. The maximum atomic E-state index is 14.3. The quantitative estimate of drug-likeness (QED) is 0.395. The van der Waals surface area contributed by atoms with Crippen molar-refractivity contribution in [3.63, 3.8) is 0 Å². The Hall–Kier alpha value is -2.28. The van der Waals surface area contributed by atoms with Crippen molar-refractivity contribution in [2.45, 2.75) is 109 Å². The maximum absolute atomic E-state index is 14.3. The summed E-state index contributed by atoms with van der Waals surface area (Å²) in [4.78, 5) is 11.7. The van der Waals surface area contributed by atoms with Gasteiger partial charge in [-0.05, 0) is 104 Å². The van der Waals surface area contributed by atoms with Crippen LogP contribution in [0.4, 0.5) is 13.2 Å². The Balaban J connectivity index is 1.31. The van der Waals surface area contributed by atoms with Gasteiger partial charge in [0.15, 0.2) is 0 Å². The van der Waals surface area contributed by atoms with Crippen molar-refractivity contribution in [2.24, 2.45) is 16.7 Å². The van der Waals surface area contributed by atoms with Gasteiger partial charge in [-0.1, -0.05) is 39.0 Å². The molecule has 4 aliphatic carbocycles. The number of nitrogens with one attached hydrogen (secondary N) is 1. The number of hydrogen-bond donors (Lipinski definition) is 2. The standard InChI is InChI=1S/C31H40F3NO3/c1-28(2,3)22-6-8-23(9-7-22)38-25-11-5-21-18-20(4-10-24(21)26(25)31(32,33)34)19-35-30-15-12-29(13-16-30,14-17-30)27(36)37/h4-5,10-11,18,22-23,35H,6-9,12-17,19H2,1-3H3,(H,36,37). The molecule has 2 aromatic rings. The molecule has 4 aliphatic rings. The fourth-order valence-corrected chi connectivity index (χ4v) is 7.15. The topological polar surface area (TPSA) is 58.6 Å². The van der Waals surface area contributed by atoms with Gasteiger partial charge in [-0.2, -0.15) is 13.2 Å². The third-order valence-corrected chi connectivity index (χ3v) is 9.89. The normalized spacial score (nSPS) is 29.9. The summed E-state index contributed by atoms with van der Waals surface area (Å²) in [6.07, 6.45) is 3.30. The van der Waals surface area contributed by atoms with Crippen LogP contribution in [0.2, 0.25) is 0 Å². The van der Waals surface area contributed by atoms with Gasteiger partial charge in [0.25, 0.3) is 0 Å². The zero-order valence-electron chi connectivity index (χ0n) is 22.7. The minimum absolute atomic E-state index is 0.0692. The second-order valence-electron chi connectivity index (χ2n) is 13.2. The van der Waals surface area contributed by atoms with E-state index in [2.05, 4.69) is 26.1 Å². The molecule has 0 spiro atoms. The molecule has 2 N–H and O–H groups in total. The lowest BCUT2D eigenvalue weighted by molar-refractivity contribution is -0.156. The SMILES string of the molecule is CC(C)(C)C1CCC(Oc2ccc3cc(CNC45CCC(C(=O)O)(CC4)CC5)ccc3c2C(F)(F)F)CC1. The molecule has 0 amide bonds. The summed E-state index contributed by atoms with van der Waals surface area (Å²) in [5.41, 5.74) is -0.196. The van der Waals surface area contributed by atoms with Crippen LogP contribution in [-0.2, 0) is 17.5 Å². The summed E-state index contributed by atoms with van der Waals surface area (Å²) in [5, 5.41) is 14.0. The number of fused-ring (bicyclic) bond motifs is 4. The molecule has 2 aromatic carbocycles. The Labute approximate surface area is 223 Å². The van der Waals surface area contributed by atoms with E-state index in [9.17, 15) is 23.1 Å². The highest BCUT2D eigenvalue weighted by Crippen LogP contribution is 2.52. The molecule has 0 aromatic heterocycles. The molecular weight excluding hydrogens is 491 g/mol. The van der Waals surface area contributed by atoms with Crippen molar-refractivity contribution < 1.29 is 27.8 Å². The Bertz CT molecular complexity index is 1170. The lowest BCUT2D eigenvalue weighted by Crippen LogP contribution is -2.56. The number of rotatable bonds is 6. The number of halogens is 3. The van der Waals surface area contributed by atoms with Crippen molar-refractivity contribution in [3.05, 3.63) is 41.5 Å². The number of carboxylic acid groups (broad SMARTS) is 1. The van der Waals surface area contributed by atoms with Gasteiger partial charge >= 0.3 is 12.1 Å². The first kappa shape index (κ1) is 27.3. The molecule has 38 heavy (non-hydrogen) atoms. The minimum Gasteiger partial charge on any atom is -0.490 e. The number of alkyl halides is 3. The first-order valence-electron chi connectivity index (χ1n) is 14.1. The summed E-state index contributed by atoms with van der Waals surface area (Å²) >= 11 is 0. The average Bonchev–Trinajstić information content (AvgIpc) is 2.87. The third kappa shape index (κ3) is 5.28. The molecule has 4 fully saturated rings. The highest BCUT2D eigenvalue weighted by molar-refractivity contribution is 5.89. The van der Waals surface area contributed by atoms with Gasteiger partial charge in [0.1, 0.15) is 11.3 Å². The summed E-state index contributed by atoms with van der Waals surface area (Å²) < 4.78 is 48.9. The fraction of sp³-hybridized carbons (Fsp3) is 0.645. The van der Waals surface area contributed by atoms with Crippen molar-refractivity contribution in [1.82, 2.24) is 5.32 Å². The fourth-order valence-electron chi connectivity index (χ4n) is 7.15. The van der Waals surface area contributed by atoms with Gasteiger partial charge in [-0.25, -0.2) is 0 Å². The lowest BCUT2D eigenvalue weighted by Gasteiger charge is -2.51. The molecule has 2 bridgehead atoms. The zero-order valence-corrected chi connectivity index (χ0v) is 22.7.